The number of anilines is 1. The number of amides is 1. The number of benzene rings is 2. The van der Waals surface area contributed by atoms with Crippen LogP contribution in [-0.4, -0.2) is 42.5 Å². The van der Waals surface area contributed by atoms with Crippen molar-refractivity contribution in [1.29, 1.82) is 0 Å². The number of hydrogen-bond donors (Lipinski definition) is 1. The number of nitrogens with one attached hydrogen (secondary N) is 1. The van der Waals surface area contributed by atoms with E-state index in [0.717, 1.165) is 15.4 Å². The molecule has 31 heavy (non-hydrogen) atoms. The average Bonchev–Trinajstić information content (AvgIpc) is 2.71. The van der Waals surface area contributed by atoms with Crippen LogP contribution in [0.4, 0.5) is 5.69 Å². The van der Waals surface area contributed by atoms with E-state index in [1.54, 1.807) is 44.2 Å². The smallest absolute Gasteiger partial charge is 0.276 e. The minimum absolute atomic E-state index is 0.0841. The summed E-state index contributed by atoms with van der Waals surface area (Å²) in [5.74, 6) is -0.521. The molecule has 0 spiro atoms. The molecule has 1 N–H and O–H groups in total. The molecule has 0 saturated carbocycles. The number of sulfonamides is 1. The predicted molar refractivity (Wildman–Crippen MR) is 121 cm³/mol. The Hall–Kier alpha value is -3.04. The van der Waals surface area contributed by atoms with Crippen LogP contribution < -0.4 is 10.9 Å². The van der Waals surface area contributed by atoms with E-state index in [9.17, 15) is 18.0 Å². The summed E-state index contributed by atoms with van der Waals surface area (Å²) in [6.45, 7) is 7.21. The lowest BCUT2D eigenvalue weighted by Crippen LogP contribution is -2.29. The van der Waals surface area contributed by atoms with Gasteiger partial charge in [-0.2, -0.15) is 5.10 Å². The van der Waals surface area contributed by atoms with Crippen LogP contribution in [0.2, 0.25) is 0 Å². The van der Waals surface area contributed by atoms with Gasteiger partial charge in [0.1, 0.15) is 0 Å². The van der Waals surface area contributed by atoms with Crippen LogP contribution >= 0.6 is 0 Å². The third kappa shape index (κ3) is 4.11. The highest BCUT2D eigenvalue weighted by Crippen LogP contribution is 2.26. The SMILES string of the molecule is Cc1cc(S(=O)(=O)N(C)C)cc(NC(=O)c2nn(C(C)C)c(=O)c3ccccc23)c1C. The number of aromatic nitrogens is 2. The third-order valence-electron chi connectivity index (χ3n) is 5.20. The fraction of sp³-hybridized carbons (Fsp3) is 0.318. The van der Waals surface area contributed by atoms with Crippen molar-refractivity contribution in [3.63, 3.8) is 0 Å². The molecule has 0 unspecified atom stereocenters. The molecule has 0 saturated heterocycles. The molecular formula is C22H26N4O4S. The van der Waals surface area contributed by atoms with E-state index in [0.29, 0.717) is 16.5 Å². The lowest BCUT2D eigenvalue weighted by molar-refractivity contribution is 0.102. The van der Waals surface area contributed by atoms with Gasteiger partial charge in [-0.1, -0.05) is 18.2 Å². The number of hydrogen-bond acceptors (Lipinski definition) is 5. The topological polar surface area (TPSA) is 101 Å². The Balaban J connectivity index is 2.15. The molecule has 0 aliphatic carbocycles. The Morgan fingerprint density at radius 2 is 1.71 bits per heavy atom. The maximum atomic E-state index is 13.2. The summed E-state index contributed by atoms with van der Waals surface area (Å²) in [6.07, 6.45) is 0. The van der Waals surface area contributed by atoms with Crippen molar-refractivity contribution in [3.8, 4) is 0 Å². The van der Waals surface area contributed by atoms with Gasteiger partial charge in [-0.3, -0.25) is 9.59 Å². The van der Waals surface area contributed by atoms with E-state index < -0.39 is 15.9 Å². The molecule has 2 aromatic carbocycles. The van der Waals surface area contributed by atoms with Crippen molar-refractivity contribution in [2.45, 2.75) is 38.6 Å². The molecule has 1 heterocycles. The lowest BCUT2D eigenvalue weighted by atomic mass is 10.1. The van der Waals surface area contributed by atoms with Gasteiger partial charge in [-0.05, 0) is 57.0 Å². The van der Waals surface area contributed by atoms with E-state index in [-0.39, 0.29) is 22.2 Å². The van der Waals surface area contributed by atoms with Gasteiger partial charge < -0.3 is 5.32 Å². The molecule has 0 radical (unpaired) electrons. The van der Waals surface area contributed by atoms with Gasteiger partial charge >= 0.3 is 0 Å². The number of aryl methyl sites for hydroxylation is 1. The Morgan fingerprint density at radius 3 is 2.29 bits per heavy atom. The van der Waals surface area contributed by atoms with Crippen LogP contribution in [0.3, 0.4) is 0 Å². The first-order chi connectivity index (χ1) is 14.4. The van der Waals surface area contributed by atoms with Crippen molar-refractivity contribution >= 4 is 32.4 Å². The van der Waals surface area contributed by atoms with Gasteiger partial charge in [0, 0.05) is 25.2 Å². The quantitative estimate of drug-likeness (QED) is 0.654. The van der Waals surface area contributed by atoms with E-state index in [2.05, 4.69) is 10.4 Å². The van der Waals surface area contributed by atoms with E-state index in [4.69, 9.17) is 0 Å². The normalized spacial score (nSPS) is 12.0. The molecule has 0 fully saturated rings. The highest BCUT2D eigenvalue weighted by Gasteiger charge is 2.22. The summed E-state index contributed by atoms with van der Waals surface area (Å²) in [4.78, 5) is 26.0. The molecule has 0 bridgehead atoms. The predicted octanol–water partition coefficient (Wildman–Crippen LogP) is 3.10. The fourth-order valence-corrected chi connectivity index (χ4v) is 4.24. The Labute approximate surface area is 181 Å². The first-order valence-electron chi connectivity index (χ1n) is 9.81. The largest absolute Gasteiger partial charge is 0.320 e. The van der Waals surface area contributed by atoms with E-state index >= 15 is 0 Å². The Kier molecular flexibility index (Phi) is 6.02. The third-order valence-corrected chi connectivity index (χ3v) is 6.99. The first kappa shape index (κ1) is 22.6. The lowest BCUT2D eigenvalue weighted by Gasteiger charge is -2.17. The second-order valence-corrected chi connectivity index (χ2v) is 10.0. The Morgan fingerprint density at radius 1 is 1.10 bits per heavy atom. The molecule has 164 valence electrons. The molecule has 8 nitrogen and oxygen atoms in total. The summed E-state index contributed by atoms with van der Waals surface area (Å²) >= 11 is 0. The van der Waals surface area contributed by atoms with Crippen LogP contribution in [0.25, 0.3) is 10.8 Å². The van der Waals surface area contributed by atoms with Crippen molar-refractivity contribution in [3.05, 3.63) is 63.6 Å². The van der Waals surface area contributed by atoms with Crippen molar-refractivity contribution < 1.29 is 13.2 Å². The number of fused-ring (bicyclic) bond motifs is 1. The zero-order chi connectivity index (χ0) is 23.1. The minimum atomic E-state index is -3.68. The molecule has 0 aliphatic heterocycles. The highest BCUT2D eigenvalue weighted by atomic mass is 32.2. The zero-order valence-corrected chi connectivity index (χ0v) is 19.2. The molecular weight excluding hydrogens is 416 g/mol. The maximum absolute atomic E-state index is 13.2. The number of nitrogens with zero attached hydrogens (tertiary/aromatic N) is 3. The second kappa shape index (κ2) is 8.24. The van der Waals surface area contributed by atoms with E-state index in [1.807, 2.05) is 13.8 Å². The van der Waals surface area contributed by atoms with Crippen molar-refractivity contribution in [2.24, 2.45) is 0 Å². The number of rotatable bonds is 5. The van der Waals surface area contributed by atoms with Crippen LogP contribution in [0, 0.1) is 13.8 Å². The molecule has 3 aromatic rings. The van der Waals surface area contributed by atoms with Crippen molar-refractivity contribution in [2.75, 3.05) is 19.4 Å². The summed E-state index contributed by atoms with van der Waals surface area (Å²) < 4.78 is 27.6. The number of carbonyl (C=O) groups is 1. The monoisotopic (exact) mass is 442 g/mol. The van der Waals surface area contributed by atoms with Gasteiger partial charge in [0.05, 0.1) is 16.3 Å². The second-order valence-electron chi connectivity index (χ2n) is 7.89. The minimum Gasteiger partial charge on any atom is -0.320 e. The summed E-state index contributed by atoms with van der Waals surface area (Å²) in [5.41, 5.74) is 1.67. The maximum Gasteiger partial charge on any atom is 0.276 e. The highest BCUT2D eigenvalue weighted by molar-refractivity contribution is 7.89. The zero-order valence-electron chi connectivity index (χ0n) is 18.4. The summed E-state index contributed by atoms with van der Waals surface area (Å²) in [6, 6.07) is 9.59. The fourth-order valence-electron chi connectivity index (χ4n) is 3.22. The van der Waals surface area contributed by atoms with Crippen molar-refractivity contribution in [1.82, 2.24) is 14.1 Å². The van der Waals surface area contributed by atoms with Crippen LogP contribution in [-0.2, 0) is 10.0 Å². The molecule has 1 aromatic heterocycles. The molecule has 0 aliphatic rings. The standard InChI is InChI=1S/C22H26N4O4S/c1-13(2)26-22(28)18-10-8-7-9-17(18)20(24-26)21(27)23-19-12-16(11-14(3)15(19)4)31(29,30)25(5)6/h7-13H,1-6H3,(H,23,27). The summed E-state index contributed by atoms with van der Waals surface area (Å²) in [7, 11) is -0.772. The van der Waals surface area contributed by atoms with Crippen LogP contribution in [0.15, 0.2) is 46.1 Å². The molecule has 0 atom stereocenters. The van der Waals surface area contributed by atoms with Gasteiger partial charge in [-0.25, -0.2) is 17.4 Å². The molecule has 3 rings (SSSR count). The van der Waals surface area contributed by atoms with Crippen LogP contribution in [0.1, 0.15) is 41.5 Å². The van der Waals surface area contributed by atoms with Crippen LogP contribution in [0.5, 0.6) is 0 Å². The summed E-state index contributed by atoms with van der Waals surface area (Å²) in [5, 5.41) is 7.94. The number of carbonyl (C=O) groups excluding carboxylic acids is 1. The van der Waals surface area contributed by atoms with Gasteiger partial charge in [0.2, 0.25) is 10.0 Å². The van der Waals surface area contributed by atoms with Gasteiger partial charge in [0.25, 0.3) is 11.5 Å². The van der Waals surface area contributed by atoms with E-state index in [1.165, 1.54) is 24.8 Å². The molecule has 9 heteroatoms. The average molecular weight is 443 g/mol. The Bertz CT molecular complexity index is 1340. The first-order valence-corrected chi connectivity index (χ1v) is 11.3. The van der Waals surface area contributed by atoms with Gasteiger partial charge in [0.15, 0.2) is 5.69 Å². The molecule has 1 amide bonds. The van der Waals surface area contributed by atoms with Gasteiger partial charge in [-0.15, -0.1) is 0 Å².